The number of allylic oxidation sites excluding steroid dienone is 4. The topological polar surface area (TPSA) is 192 Å². The Labute approximate surface area is 410 Å². The van der Waals surface area contributed by atoms with Gasteiger partial charge in [-0.05, 0) is 44.9 Å². The van der Waals surface area contributed by atoms with E-state index in [4.69, 9.17) is 9.47 Å². The Morgan fingerprint density at radius 3 is 1.42 bits per heavy atom. The van der Waals surface area contributed by atoms with Gasteiger partial charge in [0.2, 0.25) is 5.91 Å². The number of rotatable bonds is 48. The molecule has 67 heavy (non-hydrogen) atoms. The quantitative estimate of drug-likeness (QED) is 0.0193. The van der Waals surface area contributed by atoms with Gasteiger partial charge in [0.25, 0.3) is 0 Å². The Morgan fingerprint density at radius 1 is 0.597 bits per heavy atom. The number of ether oxygens (including phenoxy) is 2. The minimum Gasteiger partial charge on any atom is -0.394 e. The molecule has 1 amide bonds. The Hall–Kier alpha value is -1.42. The zero-order chi connectivity index (χ0) is 49.1. The minimum atomic E-state index is -5.08. The van der Waals surface area contributed by atoms with Gasteiger partial charge < -0.3 is 35.2 Å². The van der Waals surface area contributed by atoms with Crippen molar-refractivity contribution in [1.29, 1.82) is 0 Å². The number of hydrogen-bond donors (Lipinski definition) is 6. The number of aliphatic hydroxyl groups excluding tert-OH is 4. The van der Waals surface area contributed by atoms with E-state index in [2.05, 4.69) is 47.7 Å². The number of aliphatic hydroxyl groups is 4. The van der Waals surface area contributed by atoms with Crippen molar-refractivity contribution in [3.63, 3.8) is 0 Å². The third-order valence-corrected chi connectivity index (χ3v) is 13.7. The lowest BCUT2D eigenvalue weighted by Gasteiger charge is -2.41. The summed E-state index contributed by atoms with van der Waals surface area (Å²) in [4.78, 5) is 13.1. The van der Waals surface area contributed by atoms with Crippen molar-refractivity contribution in [2.75, 3.05) is 13.2 Å². The number of carbonyl (C=O) groups excluding carboxylic acids is 1. The van der Waals surface area contributed by atoms with Crippen LogP contribution in [0.4, 0.5) is 0 Å². The van der Waals surface area contributed by atoms with Gasteiger partial charge in [0.1, 0.15) is 24.4 Å². The molecular formula is C54H103NO11S. The molecule has 0 aromatic carbocycles. The normalized spacial score (nSPS) is 20.0. The number of nitrogens with one attached hydrogen (secondary N) is 1. The molecule has 0 spiro atoms. The number of unbranched alkanes of at least 4 members (excludes halogenated alkanes) is 32. The van der Waals surface area contributed by atoms with Crippen molar-refractivity contribution >= 4 is 16.3 Å². The van der Waals surface area contributed by atoms with Gasteiger partial charge in [-0.25, -0.2) is 4.18 Å². The smallest absolute Gasteiger partial charge is 0.394 e. The van der Waals surface area contributed by atoms with Crippen LogP contribution in [-0.2, 0) is 28.9 Å². The lowest BCUT2D eigenvalue weighted by molar-refractivity contribution is -0.298. The Bertz CT molecular complexity index is 1280. The van der Waals surface area contributed by atoms with Crippen LogP contribution in [0, 0.1) is 0 Å². The zero-order valence-electron chi connectivity index (χ0n) is 42.7. The van der Waals surface area contributed by atoms with Crippen LogP contribution in [0.2, 0.25) is 0 Å². The molecule has 1 saturated heterocycles. The van der Waals surface area contributed by atoms with Crippen molar-refractivity contribution < 1.29 is 51.8 Å². The summed E-state index contributed by atoms with van der Waals surface area (Å²) in [6.07, 6.45) is 44.6. The summed E-state index contributed by atoms with van der Waals surface area (Å²) in [6.45, 7) is 3.47. The lowest BCUT2D eigenvalue weighted by Crippen LogP contribution is -2.61. The summed E-state index contributed by atoms with van der Waals surface area (Å²) in [5.74, 6) is -0.235. The third kappa shape index (κ3) is 37.1. The predicted octanol–water partition coefficient (Wildman–Crippen LogP) is 12.5. The van der Waals surface area contributed by atoms with Crippen LogP contribution in [-0.4, -0.2) is 95.4 Å². The highest BCUT2D eigenvalue weighted by molar-refractivity contribution is 7.80. The van der Waals surface area contributed by atoms with E-state index in [1.54, 1.807) is 0 Å². The minimum absolute atomic E-state index is 0.235. The SMILES string of the molecule is CCCCCCCCCCC/C=C\C/C=C\CCCCCCCCCC(=O)NC(COC1OC(CO)C(O)C(OS(=O)(=O)O)C1O)C(O)CCCCCCCCCCCCCCCCCCC. The molecule has 1 aliphatic rings. The first kappa shape index (κ1) is 63.6. The molecular weight excluding hydrogens is 871 g/mol. The highest BCUT2D eigenvalue weighted by Gasteiger charge is 2.48. The van der Waals surface area contributed by atoms with E-state index in [1.807, 2.05) is 0 Å². The van der Waals surface area contributed by atoms with Crippen LogP contribution >= 0.6 is 0 Å². The highest BCUT2D eigenvalue weighted by Crippen LogP contribution is 2.26. The van der Waals surface area contributed by atoms with Gasteiger partial charge in [-0.1, -0.05) is 231 Å². The van der Waals surface area contributed by atoms with Crippen LogP contribution < -0.4 is 5.32 Å². The summed E-state index contributed by atoms with van der Waals surface area (Å²) >= 11 is 0. The van der Waals surface area contributed by atoms with E-state index in [9.17, 15) is 38.2 Å². The molecule has 1 fully saturated rings. The van der Waals surface area contributed by atoms with E-state index < -0.39 is 59.9 Å². The molecule has 0 aliphatic carbocycles. The molecule has 0 saturated carbocycles. The second-order valence-corrected chi connectivity index (χ2v) is 20.6. The van der Waals surface area contributed by atoms with Crippen LogP contribution in [0.25, 0.3) is 0 Å². The maximum Gasteiger partial charge on any atom is 0.397 e. The fraction of sp³-hybridized carbons (Fsp3) is 0.907. The van der Waals surface area contributed by atoms with E-state index in [-0.39, 0.29) is 18.9 Å². The Balaban J connectivity index is 2.39. The van der Waals surface area contributed by atoms with E-state index in [0.717, 1.165) is 57.8 Å². The van der Waals surface area contributed by atoms with Gasteiger partial charge in [-0.15, -0.1) is 0 Å². The fourth-order valence-electron chi connectivity index (χ4n) is 8.96. The van der Waals surface area contributed by atoms with Crippen LogP contribution in [0.3, 0.4) is 0 Å². The average molecular weight is 974 g/mol. The van der Waals surface area contributed by atoms with Crippen molar-refractivity contribution in [3.05, 3.63) is 24.3 Å². The molecule has 0 aromatic heterocycles. The lowest BCUT2D eigenvalue weighted by atomic mass is 9.99. The first-order valence-electron chi connectivity index (χ1n) is 27.7. The van der Waals surface area contributed by atoms with Crippen molar-refractivity contribution in [3.8, 4) is 0 Å². The van der Waals surface area contributed by atoms with Gasteiger partial charge in [-0.2, -0.15) is 8.42 Å². The molecule has 12 nitrogen and oxygen atoms in total. The fourth-order valence-corrected chi connectivity index (χ4v) is 9.47. The molecule has 1 heterocycles. The first-order valence-corrected chi connectivity index (χ1v) is 29.1. The number of carbonyl (C=O) groups is 1. The first-order chi connectivity index (χ1) is 32.5. The van der Waals surface area contributed by atoms with Crippen molar-refractivity contribution in [1.82, 2.24) is 5.32 Å². The third-order valence-electron chi connectivity index (χ3n) is 13.3. The predicted molar refractivity (Wildman–Crippen MR) is 273 cm³/mol. The molecule has 7 unspecified atom stereocenters. The van der Waals surface area contributed by atoms with Gasteiger partial charge >= 0.3 is 10.4 Å². The summed E-state index contributed by atoms with van der Waals surface area (Å²) in [6, 6.07) is -0.862. The molecule has 396 valence electrons. The summed E-state index contributed by atoms with van der Waals surface area (Å²) in [5.41, 5.74) is 0. The monoisotopic (exact) mass is 974 g/mol. The van der Waals surface area contributed by atoms with E-state index >= 15 is 0 Å². The second kappa shape index (κ2) is 44.5. The molecule has 0 radical (unpaired) electrons. The summed E-state index contributed by atoms with van der Waals surface area (Å²) < 4.78 is 47.8. The highest BCUT2D eigenvalue weighted by atomic mass is 32.3. The zero-order valence-corrected chi connectivity index (χ0v) is 43.5. The molecule has 0 aromatic rings. The summed E-state index contributed by atoms with van der Waals surface area (Å²) in [7, 11) is -5.08. The van der Waals surface area contributed by atoms with Crippen molar-refractivity contribution in [2.24, 2.45) is 0 Å². The summed E-state index contributed by atoms with van der Waals surface area (Å²) in [5, 5.41) is 45.1. The second-order valence-electron chi connectivity index (χ2n) is 19.5. The van der Waals surface area contributed by atoms with Gasteiger partial charge in [-0.3, -0.25) is 9.35 Å². The van der Waals surface area contributed by atoms with Crippen LogP contribution in [0.5, 0.6) is 0 Å². The molecule has 0 bridgehead atoms. The largest absolute Gasteiger partial charge is 0.397 e. The molecule has 7 atom stereocenters. The Kier molecular flexibility index (Phi) is 42.3. The van der Waals surface area contributed by atoms with E-state index in [1.165, 1.54) is 167 Å². The molecule has 6 N–H and O–H groups in total. The van der Waals surface area contributed by atoms with Crippen LogP contribution in [0.1, 0.15) is 258 Å². The number of amides is 1. The van der Waals surface area contributed by atoms with Crippen molar-refractivity contribution in [2.45, 2.75) is 301 Å². The average Bonchev–Trinajstić information content (AvgIpc) is 3.30. The van der Waals surface area contributed by atoms with Gasteiger partial charge in [0, 0.05) is 6.42 Å². The maximum absolute atomic E-state index is 13.1. The number of hydrogen-bond acceptors (Lipinski definition) is 10. The molecule has 1 rings (SSSR count). The van der Waals surface area contributed by atoms with Gasteiger partial charge in [0.15, 0.2) is 6.29 Å². The van der Waals surface area contributed by atoms with E-state index in [0.29, 0.717) is 12.8 Å². The maximum atomic E-state index is 13.1. The Morgan fingerprint density at radius 2 is 1.00 bits per heavy atom. The molecule has 1 aliphatic heterocycles. The van der Waals surface area contributed by atoms with Gasteiger partial charge in [0.05, 0.1) is 25.4 Å². The molecule has 13 heteroatoms. The standard InChI is InChI=1S/C54H103NO11S/c1-3-5-7-9-11-13-15-17-19-21-22-23-24-25-26-28-30-32-34-36-38-40-42-44-50(58)55-47(46-64-54-52(60)53(66-67(61,62)63)51(59)49(45-56)65-54)48(57)43-41-39-37-35-33-31-29-27-20-18-16-14-12-10-8-6-4-2/h22-23,25-26,47-49,51-54,56-57,59-60H,3-21,24,27-46H2,1-2H3,(H,55,58)(H,61,62,63)/b23-22-,26-25-. The van der Waals surface area contributed by atoms with Crippen LogP contribution in [0.15, 0.2) is 24.3 Å².